The fourth-order valence-corrected chi connectivity index (χ4v) is 2.30. The van der Waals surface area contributed by atoms with Gasteiger partial charge in [0.05, 0.1) is 12.7 Å². The van der Waals surface area contributed by atoms with Gasteiger partial charge in [-0.1, -0.05) is 6.92 Å². The lowest BCUT2D eigenvalue weighted by Gasteiger charge is -2.30. The number of methoxy groups -OCH3 is 1. The van der Waals surface area contributed by atoms with Gasteiger partial charge < -0.3 is 20.5 Å². The normalized spacial score (nSPS) is 22.8. The van der Waals surface area contributed by atoms with E-state index >= 15 is 0 Å². The number of nitrogens with one attached hydrogen (secondary N) is 2. The Bertz CT molecular complexity index is 462. The molecule has 0 radical (unpaired) electrons. The molecule has 0 aromatic heterocycles. The average Bonchev–Trinajstić information content (AvgIpc) is 2.42. The van der Waals surface area contributed by atoms with E-state index in [1.165, 1.54) is 13.2 Å². The SMILES string of the molecule is COc1ccc(O)c(C(=O)NC2CCNCC2C)c1. The largest absolute Gasteiger partial charge is 0.507 e. The lowest BCUT2D eigenvalue weighted by Crippen LogP contribution is -2.48. The van der Waals surface area contributed by atoms with Crippen LogP contribution >= 0.6 is 0 Å². The third-order valence-corrected chi connectivity index (χ3v) is 3.55. The van der Waals surface area contributed by atoms with E-state index < -0.39 is 0 Å². The van der Waals surface area contributed by atoms with Crippen molar-refractivity contribution in [1.29, 1.82) is 0 Å². The van der Waals surface area contributed by atoms with Crippen LogP contribution in [0, 0.1) is 5.92 Å². The number of ether oxygens (including phenoxy) is 1. The van der Waals surface area contributed by atoms with Crippen molar-refractivity contribution in [2.45, 2.75) is 19.4 Å². The number of piperidine rings is 1. The van der Waals surface area contributed by atoms with Gasteiger partial charge in [-0.3, -0.25) is 4.79 Å². The van der Waals surface area contributed by atoms with E-state index in [9.17, 15) is 9.90 Å². The minimum Gasteiger partial charge on any atom is -0.507 e. The van der Waals surface area contributed by atoms with Crippen LogP contribution in [0.3, 0.4) is 0 Å². The van der Waals surface area contributed by atoms with Gasteiger partial charge in [0.25, 0.3) is 5.91 Å². The molecule has 1 aromatic rings. The Morgan fingerprint density at radius 1 is 1.53 bits per heavy atom. The van der Waals surface area contributed by atoms with Gasteiger partial charge in [0.15, 0.2) is 0 Å². The summed E-state index contributed by atoms with van der Waals surface area (Å²) in [7, 11) is 1.53. The molecular formula is C14H20N2O3. The van der Waals surface area contributed by atoms with Crippen molar-refractivity contribution >= 4 is 5.91 Å². The van der Waals surface area contributed by atoms with Crippen molar-refractivity contribution in [3.05, 3.63) is 23.8 Å². The maximum atomic E-state index is 12.2. The summed E-state index contributed by atoms with van der Waals surface area (Å²) in [5, 5.41) is 16.0. The molecule has 2 unspecified atom stereocenters. The average molecular weight is 264 g/mol. The topological polar surface area (TPSA) is 70.6 Å². The van der Waals surface area contributed by atoms with Crippen LogP contribution in [0.25, 0.3) is 0 Å². The van der Waals surface area contributed by atoms with Crippen LogP contribution < -0.4 is 15.4 Å². The molecule has 1 heterocycles. The maximum absolute atomic E-state index is 12.2. The highest BCUT2D eigenvalue weighted by Crippen LogP contribution is 2.23. The molecule has 104 valence electrons. The van der Waals surface area contributed by atoms with Crippen molar-refractivity contribution in [1.82, 2.24) is 10.6 Å². The first kappa shape index (κ1) is 13.7. The van der Waals surface area contributed by atoms with E-state index in [0.717, 1.165) is 19.5 Å². The van der Waals surface area contributed by atoms with Crippen LogP contribution in [0.5, 0.6) is 11.5 Å². The fraction of sp³-hybridized carbons (Fsp3) is 0.500. The molecule has 1 saturated heterocycles. The summed E-state index contributed by atoms with van der Waals surface area (Å²) in [6, 6.07) is 4.79. The van der Waals surface area contributed by atoms with E-state index in [1.54, 1.807) is 12.1 Å². The molecule has 3 N–H and O–H groups in total. The third-order valence-electron chi connectivity index (χ3n) is 3.55. The molecule has 1 aromatic carbocycles. The molecule has 5 nitrogen and oxygen atoms in total. The minimum atomic E-state index is -0.254. The molecule has 0 spiro atoms. The van der Waals surface area contributed by atoms with Crippen molar-refractivity contribution in [2.24, 2.45) is 5.92 Å². The van der Waals surface area contributed by atoms with Crippen molar-refractivity contribution in [2.75, 3.05) is 20.2 Å². The minimum absolute atomic E-state index is 0.0279. The number of amides is 1. The molecule has 2 atom stereocenters. The summed E-state index contributed by atoms with van der Waals surface area (Å²) < 4.78 is 5.07. The highest BCUT2D eigenvalue weighted by Gasteiger charge is 2.24. The summed E-state index contributed by atoms with van der Waals surface area (Å²) in [6.07, 6.45) is 0.900. The van der Waals surface area contributed by atoms with Gasteiger partial charge in [-0.05, 0) is 43.6 Å². The molecular weight excluding hydrogens is 244 g/mol. The van der Waals surface area contributed by atoms with Gasteiger partial charge >= 0.3 is 0 Å². The van der Waals surface area contributed by atoms with E-state index in [4.69, 9.17) is 4.74 Å². The Labute approximate surface area is 113 Å². The number of carbonyl (C=O) groups is 1. The summed E-state index contributed by atoms with van der Waals surface area (Å²) in [6.45, 7) is 3.90. The third kappa shape index (κ3) is 3.17. The summed E-state index contributed by atoms with van der Waals surface area (Å²) >= 11 is 0. The number of benzene rings is 1. The molecule has 1 amide bonds. The Morgan fingerprint density at radius 2 is 2.32 bits per heavy atom. The van der Waals surface area contributed by atoms with E-state index in [-0.39, 0.29) is 23.3 Å². The van der Waals surface area contributed by atoms with Crippen molar-refractivity contribution < 1.29 is 14.6 Å². The van der Waals surface area contributed by atoms with E-state index in [1.807, 2.05) is 0 Å². The summed E-state index contributed by atoms with van der Waals surface area (Å²) in [4.78, 5) is 12.2. The first-order chi connectivity index (χ1) is 9.11. The second-order valence-corrected chi connectivity index (χ2v) is 4.93. The number of rotatable bonds is 3. The summed E-state index contributed by atoms with van der Waals surface area (Å²) in [5.74, 6) is 0.654. The Hall–Kier alpha value is -1.75. The fourth-order valence-electron chi connectivity index (χ4n) is 2.30. The first-order valence-electron chi connectivity index (χ1n) is 6.50. The van der Waals surface area contributed by atoms with Crippen LogP contribution in [-0.4, -0.2) is 37.3 Å². The van der Waals surface area contributed by atoms with Crippen molar-refractivity contribution in [3.63, 3.8) is 0 Å². The lowest BCUT2D eigenvalue weighted by atomic mass is 9.95. The zero-order valence-electron chi connectivity index (χ0n) is 11.3. The number of hydrogen-bond donors (Lipinski definition) is 3. The molecule has 19 heavy (non-hydrogen) atoms. The molecule has 1 fully saturated rings. The Balaban J connectivity index is 2.10. The molecule has 0 saturated carbocycles. The molecule has 1 aliphatic rings. The molecule has 0 bridgehead atoms. The van der Waals surface area contributed by atoms with Gasteiger partial charge in [0.1, 0.15) is 11.5 Å². The van der Waals surface area contributed by atoms with E-state index in [2.05, 4.69) is 17.6 Å². The predicted octanol–water partition coefficient (Wildman–Crippen LogP) is 1.13. The van der Waals surface area contributed by atoms with Gasteiger partial charge in [0.2, 0.25) is 0 Å². The molecule has 5 heteroatoms. The van der Waals surface area contributed by atoms with Crippen LogP contribution in [-0.2, 0) is 0 Å². The maximum Gasteiger partial charge on any atom is 0.255 e. The van der Waals surface area contributed by atoms with Crippen LogP contribution in [0.1, 0.15) is 23.7 Å². The predicted molar refractivity (Wildman–Crippen MR) is 72.6 cm³/mol. The quantitative estimate of drug-likeness (QED) is 0.765. The van der Waals surface area contributed by atoms with Gasteiger partial charge in [-0.25, -0.2) is 0 Å². The molecule has 1 aliphatic heterocycles. The summed E-state index contributed by atoms with van der Waals surface area (Å²) in [5.41, 5.74) is 0.255. The van der Waals surface area contributed by atoms with Crippen LogP contribution in [0.4, 0.5) is 0 Å². The number of phenols is 1. The standard InChI is InChI=1S/C14H20N2O3/c1-9-8-15-6-5-12(9)16-14(18)11-7-10(19-2)3-4-13(11)17/h3-4,7,9,12,15,17H,5-6,8H2,1-2H3,(H,16,18). The lowest BCUT2D eigenvalue weighted by molar-refractivity contribution is 0.0911. The van der Waals surface area contributed by atoms with Gasteiger partial charge in [-0.2, -0.15) is 0 Å². The highest BCUT2D eigenvalue weighted by molar-refractivity contribution is 5.97. The number of carbonyl (C=O) groups excluding carboxylic acids is 1. The van der Waals surface area contributed by atoms with Crippen molar-refractivity contribution in [3.8, 4) is 11.5 Å². The zero-order chi connectivity index (χ0) is 13.8. The Morgan fingerprint density at radius 3 is 3.00 bits per heavy atom. The molecule has 0 aliphatic carbocycles. The smallest absolute Gasteiger partial charge is 0.255 e. The monoisotopic (exact) mass is 264 g/mol. The van der Waals surface area contributed by atoms with E-state index in [0.29, 0.717) is 11.7 Å². The number of aromatic hydroxyl groups is 1. The molecule has 2 rings (SSSR count). The number of phenolic OH excluding ortho intramolecular Hbond substituents is 1. The first-order valence-corrected chi connectivity index (χ1v) is 6.50. The zero-order valence-corrected chi connectivity index (χ0v) is 11.3. The number of hydrogen-bond acceptors (Lipinski definition) is 4. The highest BCUT2D eigenvalue weighted by atomic mass is 16.5. The second-order valence-electron chi connectivity index (χ2n) is 4.93. The van der Waals surface area contributed by atoms with Gasteiger partial charge in [0, 0.05) is 6.04 Å². The van der Waals surface area contributed by atoms with Crippen LogP contribution in [0.15, 0.2) is 18.2 Å². The second kappa shape index (κ2) is 5.93. The van der Waals surface area contributed by atoms with Gasteiger partial charge in [-0.15, -0.1) is 0 Å². The Kier molecular flexibility index (Phi) is 4.27. The van der Waals surface area contributed by atoms with Crippen LogP contribution in [0.2, 0.25) is 0 Å².